The van der Waals surface area contributed by atoms with Crippen molar-refractivity contribution in [1.29, 1.82) is 0 Å². The highest BCUT2D eigenvalue weighted by molar-refractivity contribution is 9.10. The third-order valence-electron chi connectivity index (χ3n) is 3.12. The number of anilines is 1. The van der Waals surface area contributed by atoms with Gasteiger partial charge in [0.15, 0.2) is 0 Å². The summed E-state index contributed by atoms with van der Waals surface area (Å²) in [6.45, 7) is -0.922. The maximum absolute atomic E-state index is 12.0. The Balaban J connectivity index is 1.90. The Morgan fingerprint density at radius 2 is 1.88 bits per heavy atom. The van der Waals surface area contributed by atoms with Gasteiger partial charge in [-0.1, -0.05) is 24.3 Å². The average molecular weight is 406 g/mol. The van der Waals surface area contributed by atoms with Gasteiger partial charge in [0.05, 0.1) is 18.5 Å². The Morgan fingerprint density at radius 1 is 1.25 bits per heavy atom. The molecule has 2 aromatic rings. The van der Waals surface area contributed by atoms with Gasteiger partial charge in [0.25, 0.3) is 5.56 Å². The molecule has 24 heavy (non-hydrogen) atoms. The maximum Gasteiger partial charge on any atom is 0.411 e. The van der Waals surface area contributed by atoms with Crippen LogP contribution in [0.25, 0.3) is 0 Å². The van der Waals surface area contributed by atoms with Gasteiger partial charge in [-0.2, -0.15) is 18.3 Å². The van der Waals surface area contributed by atoms with Crippen LogP contribution < -0.4 is 10.9 Å². The first kappa shape index (κ1) is 18.5. The summed E-state index contributed by atoms with van der Waals surface area (Å²) in [7, 11) is 1.55. The monoisotopic (exact) mass is 405 g/mol. The lowest BCUT2D eigenvalue weighted by Crippen LogP contribution is -2.21. The van der Waals surface area contributed by atoms with Crippen LogP contribution in [0.2, 0.25) is 0 Å². The summed E-state index contributed by atoms with van der Waals surface area (Å²) in [5, 5.41) is 7.00. The Bertz CT molecular complexity index is 745. The number of nitrogens with zero attached hydrogens (tertiary/aromatic N) is 2. The molecule has 0 atom stereocenters. The maximum atomic E-state index is 12.0. The number of hydrogen-bond donors (Lipinski definition) is 1. The van der Waals surface area contributed by atoms with E-state index in [1.54, 1.807) is 31.3 Å². The molecule has 0 bridgehead atoms. The van der Waals surface area contributed by atoms with Gasteiger partial charge in [0, 0.05) is 13.6 Å². The summed E-state index contributed by atoms with van der Waals surface area (Å²) < 4.78 is 42.2. The van der Waals surface area contributed by atoms with Gasteiger partial charge < -0.3 is 10.1 Å². The molecular formula is C15H15BrF3N3O2. The minimum Gasteiger partial charge on any atom is -0.379 e. The van der Waals surface area contributed by atoms with Crippen LogP contribution in [0.15, 0.2) is 39.7 Å². The lowest BCUT2D eigenvalue weighted by Gasteiger charge is -2.10. The van der Waals surface area contributed by atoms with Crippen molar-refractivity contribution >= 4 is 21.6 Å². The number of ether oxygens (including phenoxy) is 1. The third-order valence-corrected chi connectivity index (χ3v) is 3.88. The first-order chi connectivity index (χ1) is 11.3. The van der Waals surface area contributed by atoms with E-state index in [0.29, 0.717) is 22.3 Å². The highest BCUT2D eigenvalue weighted by atomic mass is 79.9. The molecule has 5 nitrogen and oxygen atoms in total. The molecule has 0 unspecified atom stereocenters. The van der Waals surface area contributed by atoms with Crippen molar-refractivity contribution < 1.29 is 17.9 Å². The van der Waals surface area contributed by atoms with Gasteiger partial charge >= 0.3 is 6.18 Å². The Hall–Kier alpha value is -1.87. The normalized spacial score (nSPS) is 11.5. The molecule has 0 aliphatic carbocycles. The van der Waals surface area contributed by atoms with Gasteiger partial charge in [-0.25, -0.2) is 4.68 Å². The second-order valence-corrected chi connectivity index (χ2v) is 5.87. The van der Waals surface area contributed by atoms with Crippen LogP contribution >= 0.6 is 15.9 Å². The summed E-state index contributed by atoms with van der Waals surface area (Å²) in [4.78, 5) is 11.7. The van der Waals surface area contributed by atoms with Crippen LogP contribution in [0.5, 0.6) is 0 Å². The molecule has 1 aromatic heterocycles. The van der Waals surface area contributed by atoms with Gasteiger partial charge in [-0.05, 0) is 27.1 Å². The van der Waals surface area contributed by atoms with E-state index in [0.717, 1.165) is 5.56 Å². The molecule has 0 aliphatic rings. The summed E-state index contributed by atoms with van der Waals surface area (Å²) in [5.74, 6) is 0. The van der Waals surface area contributed by atoms with Crippen molar-refractivity contribution in [3.63, 3.8) is 0 Å². The smallest absolute Gasteiger partial charge is 0.379 e. The first-order valence-corrected chi connectivity index (χ1v) is 7.73. The van der Waals surface area contributed by atoms with Crippen LogP contribution in [0, 0.1) is 0 Å². The first-order valence-electron chi connectivity index (χ1n) is 6.94. The predicted octanol–water partition coefficient (Wildman–Crippen LogP) is 3.23. The molecule has 0 amide bonds. The SMILES string of the molecule is Cn1ncc(NCc2ccc(COCC(F)(F)F)cc2)c(Br)c1=O. The number of nitrogens with one attached hydrogen (secondary N) is 1. The van der Waals surface area contributed by atoms with Crippen LogP contribution in [0.4, 0.5) is 18.9 Å². The van der Waals surface area contributed by atoms with Crippen molar-refractivity contribution in [2.75, 3.05) is 11.9 Å². The molecule has 0 radical (unpaired) electrons. The van der Waals surface area contributed by atoms with Gasteiger partial charge in [0.1, 0.15) is 11.1 Å². The lowest BCUT2D eigenvalue weighted by molar-refractivity contribution is -0.176. The average Bonchev–Trinajstić information content (AvgIpc) is 2.52. The van der Waals surface area contributed by atoms with Crippen molar-refractivity contribution in [1.82, 2.24) is 9.78 Å². The zero-order valence-corrected chi connectivity index (χ0v) is 14.3. The van der Waals surface area contributed by atoms with Crippen LogP contribution in [0.1, 0.15) is 11.1 Å². The van der Waals surface area contributed by atoms with E-state index in [1.807, 2.05) is 0 Å². The van der Waals surface area contributed by atoms with Crippen LogP contribution in [-0.4, -0.2) is 22.6 Å². The lowest BCUT2D eigenvalue weighted by atomic mass is 10.1. The number of aromatic nitrogens is 2. The van der Waals surface area contributed by atoms with Gasteiger partial charge in [0.2, 0.25) is 0 Å². The molecule has 2 rings (SSSR count). The van der Waals surface area contributed by atoms with E-state index in [-0.39, 0.29) is 12.2 Å². The molecule has 0 aliphatic heterocycles. The quantitative estimate of drug-likeness (QED) is 0.801. The van der Waals surface area contributed by atoms with Crippen molar-refractivity contribution in [2.45, 2.75) is 19.3 Å². The molecule has 0 fully saturated rings. The molecule has 1 aromatic carbocycles. The molecule has 0 saturated carbocycles. The van der Waals surface area contributed by atoms with E-state index >= 15 is 0 Å². The molecule has 1 N–H and O–H groups in total. The van der Waals surface area contributed by atoms with E-state index in [2.05, 4.69) is 31.1 Å². The number of halogens is 4. The van der Waals surface area contributed by atoms with E-state index in [9.17, 15) is 18.0 Å². The largest absolute Gasteiger partial charge is 0.411 e. The molecular weight excluding hydrogens is 391 g/mol. The minimum absolute atomic E-state index is 0.0998. The van der Waals surface area contributed by atoms with Gasteiger partial charge in [-0.3, -0.25) is 4.79 Å². The fourth-order valence-corrected chi connectivity index (χ4v) is 2.37. The minimum atomic E-state index is -4.32. The number of aryl methyl sites for hydroxylation is 1. The fourth-order valence-electron chi connectivity index (χ4n) is 1.87. The summed E-state index contributed by atoms with van der Waals surface area (Å²) in [5.41, 5.74) is 1.87. The molecule has 1 heterocycles. The Kier molecular flexibility index (Phi) is 6.00. The number of rotatable bonds is 6. The summed E-state index contributed by atoms with van der Waals surface area (Å²) in [6.07, 6.45) is -2.79. The Morgan fingerprint density at radius 3 is 2.50 bits per heavy atom. The second-order valence-electron chi connectivity index (χ2n) is 5.08. The zero-order chi connectivity index (χ0) is 17.7. The van der Waals surface area contributed by atoms with E-state index in [1.165, 1.54) is 10.9 Å². The molecule has 0 saturated heterocycles. The van der Waals surface area contributed by atoms with Gasteiger partial charge in [-0.15, -0.1) is 0 Å². The zero-order valence-electron chi connectivity index (χ0n) is 12.7. The highest BCUT2D eigenvalue weighted by Crippen LogP contribution is 2.18. The molecule has 130 valence electrons. The van der Waals surface area contributed by atoms with Crippen molar-refractivity contribution in [3.8, 4) is 0 Å². The van der Waals surface area contributed by atoms with E-state index in [4.69, 9.17) is 0 Å². The summed E-state index contributed by atoms with van der Waals surface area (Å²) >= 11 is 3.22. The standard InChI is InChI=1S/C15H15BrF3N3O2/c1-22-14(23)13(16)12(7-21-22)20-6-10-2-4-11(5-3-10)8-24-9-15(17,18)19/h2-5,7,20H,6,8-9H2,1H3. The van der Waals surface area contributed by atoms with E-state index < -0.39 is 12.8 Å². The van der Waals surface area contributed by atoms with Crippen molar-refractivity contribution in [3.05, 3.63) is 56.4 Å². The topological polar surface area (TPSA) is 56.1 Å². The summed E-state index contributed by atoms with van der Waals surface area (Å²) in [6, 6.07) is 6.96. The molecule has 0 spiro atoms. The predicted molar refractivity (Wildman–Crippen MR) is 86.7 cm³/mol. The molecule has 9 heteroatoms. The Labute approximate surface area is 144 Å². The van der Waals surface area contributed by atoms with Crippen molar-refractivity contribution in [2.24, 2.45) is 7.05 Å². The third kappa shape index (κ3) is 5.34. The number of alkyl halides is 3. The fraction of sp³-hybridized carbons (Fsp3) is 0.333. The highest BCUT2D eigenvalue weighted by Gasteiger charge is 2.27. The number of benzene rings is 1. The second kappa shape index (κ2) is 7.80. The van der Waals surface area contributed by atoms with Crippen LogP contribution in [-0.2, 0) is 24.9 Å². The number of hydrogen-bond acceptors (Lipinski definition) is 4. The van der Waals surface area contributed by atoms with Crippen LogP contribution in [0.3, 0.4) is 0 Å².